The first-order chi connectivity index (χ1) is 11.2. The normalized spacial score (nSPS) is 20.7. The number of urea groups is 1. The lowest BCUT2D eigenvalue weighted by molar-refractivity contribution is -0.132. The number of hydrogen-bond donors (Lipinski definition) is 1. The first-order valence-corrected chi connectivity index (χ1v) is 8.28. The Labute approximate surface area is 136 Å². The summed E-state index contributed by atoms with van der Waals surface area (Å²) in [5, 5.41) is 12.1. The summed E-state index contributed by atoms with van der Waals surface area (Å²) in [7, 11) is 0. The van der Waals surface area contributed by atoms with Crippen LogP contribution in [0.25, 0.3) is 0 Å². The van der Waals surface area contributed by atoms with Gasteiger partial charge in [-0.3, -0.25) is 9.69 Å². The van der Waals surface area contributed by atoms with Crippen LogP contribution in [0.1, 0.15) is 56.1 Å². The minimum atomic E-state index is -0.723. The minimum absolute atomic E-state index is 0.128. The predicted octanol–water partition coefficient (Wildman–Crippen LogP) is 3.09. The standard InChI is InChI=1S/C18H21N3O2/c19-12-14-8-4-5-9-15(14)13-21-16(22)18(20-17(21)23)10-6-2-1-3-7-11-18/h4-5,8-9H,1-3,6-7,10-11,13H2,(H,20,23). The lowest BCUT2D eigenvalue weighted by atomic mass is 9.84. The number of benzene rings is 1. The molecule has 23 heavy (non-hydrogen) atoms. The molecule has 1 aromatic carbocycles. The van der Waals surface area contributed by atoms with Crippen molar-refractivity contribution >= 4 is 11.9 Å². The summed E-state index contributed by atoms with van der Waals surface area (Å²) >= 11 is 0. The maximum atomic E-state index is 12.9. The average molecular weight is 311 g/mol. The number of nitriles is 1. The fourth-order valence-electron chi connectivity index (χ4n) is 3.61. The molecule has 0 radical (unpaired) electrons. The van der Waals surface area contributed by atoms with Gasteiger partial charge < -0.3 is 5.32 Å². The number of hydrogen-bond acceptors (Lipinski definition) is 3. The smallest absolute Gasteiger partial charge is 0.323 e. The summed E-state index contributed by atoms with van der Waals surface area (Å²) in [6.45, 7) is 0.163. The van der Waals surface area contributed by atoms with Crippen LogP contribution < -0.4 is 5.32 Å². The molecule has 0 bridgehead atoms. The molecule has 1 saturated carbocycles. The highest BCUT2D eigenvalue weighted by Crippen LogP contribution is 2.32. The van der Waals surface area contributed by atoms with E-state index in [4.69, 9.17) is 0 Å². The van der Waals surface area contributed by atoms with Gasteiger partial charge in [0.1, 0.15) is 5.54 Å². The van der Waals surface area contributed by atoms with E-state index in [9.17, 15) is 14.9 Å². The van der Waals surface area contributed by atoms with Gasteiger partial charge in [0.25, 0.3) is 5.91 Å². The molecule has 1 spiro atoms. The van der Waals surface area contributed by atoms with Crippen LogP contribution in [0.2, 0.25) is 0 Å². The lowest BCUT2D eigenvalue weighted by Crippen LogP contribution is -2.47. The van der Waals surface area contributed by atoms with Crippen molar-refractivity contribution in [2.75, 3.05) is 0 Å². The van der Waals surface area contributed by atoms with Crippen LogP contribution in [-0.2, 0) is 11.3 Å². The Bertz CT molecular complexity index is 654. The van der Waals surface area contributed by atoms with Gasteiger partial charge in [-0.1, -0.05) is 50.3 Å². The van der Waals surface area contributed by atoms with Crippen molar-refractivity contribution in [2.24, 2.45) is 0 Å². The van der Waals surface area contributed by atoms with E-state index in [1.165, 1.54) is 11.3 Å². The Morgan fingerprint density at radius 3 is 2.43 bits per heavy atom. The summed E-state index contributed by atoms with van der Waals surface area (Å²) in [6, 6.07) is 8.89. The molecule has 5 heteroatoms. The molecule has 0 aromatic heterocycles. The summed E-state index contributed by atoms with van der Waals surface area (Å²) in [5.41, 5.74) is 0.493. The number of nitrogens with one attached hydrogen (secondary N) is 1. The van der Waals surface area contributed by atoms with E-state index < -0.39 is 5.54 Å². The fraction of sp³-hybridized carbons (Fsp3) is 0.500. The molecule has 2 fully saturated rings. The quantitative estimate of drug-likeness (QED) is 0.853. The summed E-state index contributed by atoms with van der Waals surface area (Å²) in [5.74, 6) is -0.128. The van der Waals surface area contributed by atoms with Crippen LogP contribution >= 0.6 is 0 Å². The number of rotatable bonds is 2. The number of carbonyl (C=O) groups is 2. The predicted molar refractivity (Wildman–Crippen MR) is 85.3 cm³/mol. The van der Waals surface area contributed by atoms with Crippen molar-refractivity contribution in [3.8, 4) is 6.07 Å². The molecule has 0 unspecified atom stereocenters. The van der Waals surface area contributed by atoms with Crippen molar-refractivity contribution < 1.29 is 9.59 Å². The summed E-state index contributed by atoms with van der Waals surface area (Å²) < 4.78 is 0. The van der Waals surface area contributed by atoms with Gasteiger partial charge in [0, 0.05) is 0 Å². The van der Waals surface area contributed by atoms with Gasteiger partial charge in [-0.2, -0.15) is 5.26 Å². The number of nitrogens with zero attached hydrogens (tertiary/aromatic N) is 2. The third kappa shape index (κ3) is 2.94. The Balaban J connectivity index is 1.82. The van der Waals surface area contributed by atoms with Crippen molar-refractivity contribution in [3.05, 3.63) is 35.4 Å². The number of amides is 3. The highest BCUT2D eigenvalue weighted by Gasteiger charge is 2.50. The molecule has 1 aromatic rings. The largest absolute Gasteiger partial charge is 0.325 e. The van der Waals surface area contributed by atoms with E-state index in [1.54, 1.807) is 18.2 Å². The molecule has 1 heterocycles. The maximum Gasteiger partial charge on any atom is 0.325 e. The Kier molecular flexibility index (Phi) is 4.33. The van der Waals surface area contributed by atoms with Crippen LogP contribution in [0.5, 0.6) is 0 Å². The second kappa shape index (κ2) is 6.41. The van der Waals surface area contributed by atoms with Crippen LogP contribution in [0.4, 0.5) is 4.79 Å². The second-order valence-corrected chi connectivity index (χ2v) is 6.44. The van der Waals surface area contributed by atoms with Crippen molar-refractivity contribution in [3.63, 3.8) is 0 Å². The SMILES string of the molecule is N#Cc1ccccc1CN1C(=O)NC2(CCCCCCC2)C1=O. The Morgan fingerprint density at radius 2 is 1.74 bits per heavy atom. The number of carbonyl (C=O) groups excluding carboxylic acids is 2. The number of imide groups is 1. The molecule has 1 N–H and O–H groups in total. The van der Waals surface area contributed by atoms with Crippen molar-refractivity contribution in [2.45, 2.75) is 57.0 Å². The van der Waals surface area contributed by atoms with Gasteiger partial charge in [0.15, 0.2) is 0 Å². The van der Waals surface area contributed by atoms with E-state index in [-0.39, 0.29) is 18.5 Å². The highest BCUT2D eigenvalue weighted by atomic mass is 16.2. The van der Waals surface area contributed by atoms with Gasteiger partial charge in [-0.05, 0) is 24.5 Å². The van der Waals surface area contributed by atoms with Crippen LogP contribution in [0.15, 0.2) is 24.3 Å². The molecule has 120 valence electrons. The maximum absolute atomic E-state index is 12.9. The zero-order chi connectivity index (χ0) is 16.3. The highest BCUT2D eigenvalue weighted by molar-refractivity contribution is 6.07. The van der Waals surface area contributed by atoms with Crippen LogP contribution in [0, 0.1) is 11.3 Å². The van der Waals surface area contributed by atoms with Crippen molar-refractivity contribution in [1.82, 2.24) is 10.2 Å². The van der Waals surface area contributed by atoms with Gasteiger partial charge in [0.05, 0.1) is 18.2 Å². The van der Waals surface area contributed by atoms with Gasteiger partial charge in [-0.25, -0.2) is 4.79 Å². The lowest BCUT2D eigenvalue weighted by Gasteiger charge is -2.28. The second-order valence-electron chi connectivity index (χ2n) is 6.44. The van der Waals surface area contributed by atoms with Gasteiger partial charge in [-0.15, -0.1) is 0 Å². The molecule has 5 nitrogen and oxygen atoms in total. The summed E-state index contributed by atoms with van der Waals surface area (Å²) in [6.07, 6.45) is 6.80. The monoisotopic (exact) mass is 311 g/mol. The summed E-state index contributed by atoms with van der Waals surface area (Å²) in [4.78, 5) is 26.6. The molecule has 2 aliphatic rings. The van der Waals surface area contributed by atoms with E-state index in [2.05, 4.69) is 11.4 Å². The molecule has 1 aliphatic heterocycles. The molecule has 3 rings (SSSR count). The van der Waals surface area contributed by atoms with Gasteiger partial charge >= 0.3 is 6.03 Å². The fourth-order valence-corrected chi connectivity index (χ4v) is 3.61. The molecule has 0 atom stereocenters. The van der Waals surface area contributed by atoms with E-state index in [0.29, 0.717) is 24.0 Å². The van der Waals surface area contributed by atoms with Crippen molar-refractivity contribution in [1.29, 1.82) is 5.26 Å². The molecule has 1 saturated heterocycles. The molecule has 1 aliphatic carbocycles. The molecular weight excluding hydrogens is 290 g/mol. The van der Waals surface area contributed by atoms with Gasteiger partial charge in [0.2, 0.25) is 0 Å². The van der Waals surface area contributed by atoms with E-state index in [1.807, 2.05) is 6.07 Å². The Morgan fingerprint density at radius 1 is 1.09 bits per heavy atom. The average Bonchev–Trinajstić information content (AvgIpc) is 2.77. The zero-order valence-electron chi connectivity index (χ0n) is 13.2. The first kappa shape index (κ1) is 15.5. The first-order valence-electron chi connectivity index (χ1n) is 8.28. The van der Waals surface area contributed by atoms with Crippen LogP contribution in [0.3, 0.4) is 0 Å². The Hall–Kier alpha value is -2.35. The zero-order valence-corrected chi connectivity index (χ0v) is 13.2. The molecule has 3 amide bonds. The minimum Gasteiger partial charge on any atom is -0.323 e. The molecular formula is C18H21N3O2. The third-order valence-electron chi connectivity index (χ3n) is 4.92. The third-order valence-corrected chi connectivity index (χ3v) is 4.92. The van der Waals surface area contributed by atoms with E-state index in [0.717, 1.165) is 25.7 Å². The topological polar surface area (TPSA) is 73.2 Å². The van der Waals surface area contributed by atoms with Crippen LogP contribution in [-0.4, -0.2) is 22.4 Å². The van der Waals surface area contributed by atoms with E-state index >= 15 is 0 Å².